The molecule has 1 N–H and O–H groups in total. The molecular formula is C31H39ClN4O5. The van der Waals surface area contributed by atoms with Crippen LogP contribution in [0.15, 0.2) is 42.6 Å². The van der Waals surface area contributed by atoms with E-state index in [2.05, 4.69) is 10.4 Å². The van der Waals surface area contributed by atoms with Crippen LogP contribution in [0, 0.1) is 6.92 Å². The van der Waals surface area contributed by atoms with Crippen LogP contribution in [0.5, 0.6) is 11.5 Å². The van der Waals surface area contributed by atoms with Crippen molar-refractivity contribution in [3.05, 3.63) is 70.0 Å². The number of carbonyl (C=O) groups excluding carboxylic acids is 2. The molecule has 2 aromatic carbocycles. The van der Waals surface area contributed by atoms with Gasteiger partial charge in [0.15, 0.2) is 11.5 Å². The summed E-state index contributed by atoms with van der Waals surface area (Å²) in [4.78, 5) is 27.9. The van der Waals surface area contributed by atoms with Crippen LogP contribution in [-0.4, -0.2) is 66.1 Å². The van der Waals surface area contributed by atoms with Gasteiger partial charge in [-0.3, -0.25) is 4.79 Å². The van der Waals surface area contributed by atoms with Gasteiger partial charge in [-0.25, -0.2) is 9.48 Å². The number of hydrogen-bond acceptors (Lipinski definition) is 6. The molecule has 1 aliphatic rings. The number of halogens is 1. The number of piperidine rings is 1. The van der Waals surface area contributed by atoms with E-state index in [1.54, 1.807) is 25.3 Å². The molecule has 2 amide bonds. The third-order valence-corrected chi connectivity index (χ3v) is 7.61. The summed E-state index contributed by atoms with van der Waals surface area (Å²) in [5.41, 5.74) is 3.51. The number of nitrogens with one attached hydrogen (secondary N) is 1. The van der Waals surface area contributed by atoms with E-state index in [1.807, 2.05) is 68.8 Å². The summed E-state index contributed by atoms with van der Waals surface area (Å²) in [5.74, 6) is 1.13. The Morgan fingerprint density at radius 2 is 1.78 bits per heavy atom. The molecular weight excluding hydrogens is 544 g/mol. The van der Waals surface area contributed by atoms with Gasteiger partial charge in [0.2, 0.25) is 0 Å². The molecule has 41 heavy (non-hydrogen) atoms. The minimum absolute atomic E-state index is 0.0150. The molecule has 1 saturated heterocycles. The number of rotatable bonds is 8. The highest BCUT2D eigenvalue weighted by atomic mass is 35.5. The van der Waals surface area contributed by atoms with Gasteiger partial charge in [0, 0.05) is 30.6 Å². The lowest BCUT2D eigenvalue weighted by molar-refractivity contribution is 0.0203. The first-order chi connectivity index (χ1) is 19.5. The lowest BCUT2D eigenvalue weighted by Crippen LogP contribution is -2.41. The van der Waals surface area contributed by atoms with Crippen molar-refractivity contribution in [2.45, 2.75) is 58.5 Å². The fourth-order valence-corrected chi connectivity index (χ4v) is 5.23. The van der Waals surface area contributed by atoms with Crippen molar-refractivity contribution in [3.8, 4) is 17.2 Å². The van der Waals surface area contributed by atoms with Crippen LogP contribution >= 0.6 is 11.6 Å². The summed E-state index contributed by atoms with van der Waals surface area (Å²) < 4.78 is 18.1. The molecule has 1 fully saturated rings. The maximum atomic E-state index is 13.5. The van der Waals surface area contributed by atoms with Crippen LogP contribution in [0.25, 0.3) is 5.69 Å². The van der Waals surface area contributed by atoms with Crippen molar-refractivity contribution < 1.29 is 23.8 Å². The zero-order valence-electron chi connectivity index (χ0n) is 24.6. The molecule has 0 saturated carbocycles. The highest BCUT2D eigenvalue weighted by molar-refractivity contribution is 6.31. The highest BCUT2D eigenvalue weighted by Gasteiger charge is 2.32. The minimum Gasteiger partial charge on any atom is -0.493 e. The Hall–Kier alpha value is -3.72. The fraction of sp³-hybridized carbons (Fsp3) is 0.452. The summed E-state index contributed by atoms with van der Waals surface area (Å²) in [7, 11) is 3.20. The van der Waals surface area contributed by atoms with E-state index in [9.17, 15) is 9.59 Å². The minimum atomic E-state index is -0.557. The molecule has 0 bridgehead atoms. The van der Waals surface area contributed by atoms with Gasteiger partial charge in [0.05, 0.1) is 37.4 Å². The van der Waals surface area contributed by atoms with Crippen molar-refractivity contribution in [3.63, 3.8) is 0 Å². The average Bonchev–Trinajstić information content (AvgIpc) is 3.38. The number of carbonyl (C=O) groups is 2. The van der Waals surface area contributed by atoms with Crippen LogP contribution < -0.4 is 14.8 Å². The second kappa shape index (κ2) is 12.9. The number of methoxy groups -OCH3 is 2. The SMILES string of the molecule is COc1ccc(CCNC(=O)c2cnn(-c3cccc(Cl)c3C)c2C2CCN(C(=O)OC(C)(C)C)CC2)cc1OC. The zero-order valence-corrected chi connectivity index (χ0v) is 25.4. The van der Waals surface area contributed by atoms with Gasteiger partial charge in [-0.1, -0.05) is 23.7 Å². The normalized spacial score (nSPS) is 14.1. The molecule has 2 heterocycles. The van der Waals surface area contributed by atoms with E-state index < -0.39 is 5.60 Å². The molecule has 1 aromatic heterocycles. The summed E-state index contributed by atoms with van der Waals surface area (Å²) in [6.07, 6.45) is 3.29. The van der Waals surface area contributed by atoms with Crippen molar-refractivity contribution in [1.82, 2.24) is 20.0 Å². The van der Waals surface area contributed by atoms with Crippen LogP contribution in [0.1, 0.15) is 66.7 Å². The number of hydrogen-bond donors (Lipinski definition) is 1. The first-order valence-electron chi connectivity index (χ1n) is 13.8. The third kappa shape index (κ3) is 7.14. The van der Waals surface area contributed by atoms with E-state index in [4.69, 9.17) is 25.8 Å². The third-order valence-electron chi connectivity index (χ3n) is 7.20. The molecule has 3 aromatic rings. The first-order valence-corrected chi connectivity index (χ1v) is 14.2. The van der Waals surface area contributed by atoms with E-state index in [1.165, 1.54) is 0 Å². The average molecular weight is 583 g/mol. The van der Waals surface area contributed by atoms with Crippen LogP contribution in [0.4, 0.5) is 4.79 Å². The maximum absolute atomic E-state index is 13.5. The number of aromatic nitrogens is 2. The Bertz CT molecular complexity index is 1390. The molecule has 220 valence electrons. The molecule has 0 radical (unpaired) electrons. The molecule has 10 heteroatoms. The van der Waals surface area contributed by atoms with Gasteiger partial charge in [-0.15, -0.1) is 0 Å². The van der Waals surface area contributed by atoms with E-state index >= 15 is 0 Å². The van der Waals surface area contributed by atoms with Crippen molar-refractivity contribution in [1.29, 1.82) is 0 Å². The van der Waals surface area contributed by atoms with Crippen molar-refractivity contribution in [2.75, 3.05) is 33.9 Å². The summed E-state index contributed by atoms with van der Waals surface area (Å²) >= 11 is 6.45. The van der Waals surface area contributed by atoms with Gasteiger partial charge in [0.1, 0.15) is 5.60 Å². The summed E-state index contributed by atoms with van der Waals surface area (Å²) in [6.45, 7) is 9.02. The molecule has 9 nitrogen and oxygen atoms in total. The van der Waals surface area contributed by atoms with E-state index in [0.717, 1.165) is 22.5 Å². The van der Waals surface area contributed by atoms with Crippen LogP contribution in [0.3, 0.4) is 0 Å². The van der Waals surface area contributed by atoms with Gasteiger partial charge >= 0.3 is 6.09 Å². The van der Waals surface area contributed by atoms with Gasteiger partial charge < -0.3 is 24.4 Å². The topological polar surface area (TPSA) is 94.9 Å². The van der Waals surface area contributed by atoms with Gasteiger partial charge in [-0.2, -0.15) is 5.10 Å². The molecule has 0 aliphatic carbocycles. The maximum Gasteiger partial charge on any atom is 0.410 e. The van der Waals surface area contributed by atoms with E-state index in [-0.39, 0.29) is 17.9 Å². The lowest BCUT2D eigenvalue weighted by Gasteiger charge is -2.34. The molecule has 1 aliphatic heterocycles. The highest BCUT2D eigenvalue weighted by Crippen LogP contribution is 2.34. The second-order valence-corrected chi connectivity index (χ2v) is 11.6. The Morgan fingerprint density at radius 3 is 2.44 bits per heavy atom. The largest absolute Gasteiger partial charge is 0.493 e. The summed E-state index contributed by atoms with van der Waals surface area (Å²) in [5, 5.41) is 8.35. The molecule has 0 unspecified atom stereocenters. The van der Waals surface area contributed by atoms with Crippen molar-refractivity contribution in [2.24, 2.45) is 0 Å². The Balaban J connectivity index is 1.54. The summed E-state index contributed by atoms with van der Waals surface area (Å²) in [6, 6.07) is 11.4. The standard InChI is InChI=1S/C31H39ClN4O5/c1-20-24(32)8-7-9-25(20)36-28(22-13-16-35(17-14-22)30(38)41-31(2,3)4)23(19-34-36)29(37)33-15-12-21-10-11-26(39-5)27(18-21)40-6/h7-11,18-19,22H,12-17H2,1-6H3,(H,33,37). The zero-order chi connectivity index (χ0) is 29.7. The number of likely N-dealkylation sites (tertiary alicyclic amines) is 1. The monoisotopic (exact) mass is 582 g/mol. The van der Waals surface area contributed by atoms with Crippen molar-refractivity contribution >= 4 is 23.6 Å². The Labute approximate surface area is 246 Å². The molecule has 0 spiro atoms. The number of nitrogens with zero attached hydrogens (tertiary/aromatic N) is 3. The Kier molecular flexibility index (Phi) is 9.48. The van der Waals surface area contributed by atoms with E-state index in [0.29, 0.717) is 61.0 Å². The molecule has 0 atom stereocenters. The quantitative estimate of drug-likeness (QED) is 0.353. The van der Waals surface area contributed by atoms with Crippen LogP contribution in [-0.2, 0) is 11.2 Å². The van der Waals surface area contributed by atoms with Gasteiger partial charge in [-0.05, 0) is 82.3 Å². The fourth-order valence-electron chi connectivity index (χ4n) is 5.06. The number of amides is 2. The predicted octanol–water partition coefficient (Wildman–Crippen LogP) is 5.94. The molecule has 4 rings (SSSR count). The lowest BCUT2D eigenvalue weighted by atomic mass is 9.90. The Morgan fingerprint density at radius 1 is 1.07 bits per heavy atom. The second-order valence-electron chi connectivity index (χ2n) is 11.2. The number of benzene rings is 2. The number of ether oxygens (including phenoxy) is 3. The van der Waals surface area contributed by atoms with Crippen LogP contribution in [0.2, 0.25) is 5.02 Å². The smallest absolute Gasteiger partial charge is 0.410 e. The first kappa shape index (κ1) is 30.2. The van der Waals surface area contributed by atoms with Gasteiger partial charge in [0.25, 0.3) is 5.91 Å². The predicted molar refractivity (Wildman–Crippen MR) is 159 cm³/mol.